The quantitative estimate of drug-likeness (QED) is 0.541. The highest BCUT2D eigenvalue weighted by Crippen LogP contribution is 2.33. The van der Waals surface area contributed by atoms with Gasteiger partial charge in [-0.25, -0.2) is 4.98 Å². The summed E-state index contributed by atoms with van der Waals surface area (Å²) in [7, 11) is 1.58. The van der Waals surface area contributed by atoms with Crippen LogP contribution in [-0.4, -0.2) is 50.8 Å². The maximum atomic E-state index is 13.3. The number of fused-ring (bicyclic) bond motifs is 1. The summed E-state index contributed by atoms with van der Waals surface area (Å²) in [5.41, 5.74) is 0.753. The number of thiocarbonyl (C=S) groups is 1. The second-order valence-electron chi connectivity index (χ2n) is 7.41. The zero-order valence-electron chi connectivity index (χ0n) is 16.8. The van der Waals surface area contributed by atoms with Crippen molar-refractivity contribution in [3.8, 4) is 0 Å². The van der Waals surface area contributed by atoms with Crippen LogP contribution in [-0.2, 0) is 9.53 Å². The Morgan fingerprint density at radius 3 is 2.87 bits per heavy atom. The second-order valence-corrected chi connectivity index (χ2v) is 9.09. The Hall–Kier alpha value is -2.23. The minimum atomic E-state index is -0.207. The van der Waals surface area contributed by atoms with Crippen molar-refractivity contribution in [2.45, 2.75) is 38.1 Å². The van der Waals surface area contributed by atoms with Gasteiger partial charge < -0.3 is 10.1 Å². The molecule has 2 aliphatic rings. The summed E-state index contributed by atoms with van der Waals surface area (Å²) in [6, 6.07) is 5.73. The molecule has 0 spiro atoms. The Labute approximate surface area is 184 Å². The third kappa shape index (κ3) is 4.28. The third-order valence-corrected chi connectivity index (χ3v) is 6.76. The number of aromatic nitrogens is 2. The third-order valence-electron chi connectivity index (χ3n) is 5.38. The van der Waals surface area contributed by atoms with Crippen molar-refractivity contribution in [1.29, 1.82) is 0 Å². The first kappa shape index (κ1) is 21.0. The van der Waals surface area contributed by atoms with Gasteiger partial charge in [0, 0.05) is 19.3 Å². The minimum Gasteiger partial charge on any atom is -0.383 e. The van der Waals surface area contributed by atoms with Crippen LogP contribution >= 0.6 is 24.0 Å². The molecule has 1 saturated carbocycles. The maximum absolute atomic E-state index is 13.3. The maximum Gasteiger partial charge on any atom is 0.267 e. The van der Waals surface area contributed by atoms with Gasteiger partial charge in [-0.3, -0.25) is 18.9 Å². The van der Waals surface area contributed by atoms with Crippen LogP contribution < -0.4 is 10.9 Å². The zero-order chi connectivity index (χ0) is 21.1. The van der Waals surface area contributed by atoms with Gasteiger partial charge in [0.25, 0.3) is 11.5 Å². The van der Waals surface area contributed by atoms with Gasteiger partial charge in [-0.05, 0) is 31.1 Å². The topological polar surface area (TPSA) is 75.9 Å². The zero-order valence-corrected chi connectivity index (χ0v) is 18.4. The monoisotopic (exact) mass is 444 g/mol. The Morgan fingerprint density at radius 1 is 1.30 bits per heavy atom. The number of amides is 1. The van der Waals surface area contributed by atoms with E-state index >= 15 is 0 Å². The summed E-state index contributed by atoms with van der Waals surface area (Å²) in [6.07, 6.45) is 8.99. The standard InChI is InChI=1S/C21H24N4O3S2/c1-28-12-11-25-20(27)16(30-21(25)29)13-15-18(22-14-7-3-2-4-8-14)23-17-9-5-6-10-24(17)19(15)26/h5-6,9-10,13-14,22H,2-4,7-8,11-12H2,1H3. The summed E-state index contributed by atoms with van der Waals surface area (Å²) in [4.78, 5) is 32.8. The molecule has 1 N–H and O–H groups in total. The Kier molecular flexibility index (Phi) is 6.50. The van der Waals surface area contributed by atoms with Gasteiger partial charge in [0.2, 0.25) is 0 Å². The lowest BCUT2D eigenvalue weighted by molar-refractivity contribution is -0.122. The van der Waals surface area contributed by atoms with E-state index in [1.807, 2.05) is 6.07 Å². The van der Waals surface area contributed by atoms with E-state index in [2.05, 4.69) is 5.32 Å². The molecule has 4 rings (SSSR count). The lowest BCUT2D eigenvalue weighted by Crippen LogP contribution is -2.31. The van der Waals surface area contributed by atoms with Crippen molar-refractivity contribution in [3.05, 3.63) is 45.2 Å². The van der Waals surface area contributed by atoms with Crippen LogP contribution in [0.3, 0.4) is 0 Å². The van der Waals surface area contributed by atoms with E-state index in [4.69, 9.17) is 21.9 Å². The molecule has 2 aromatic rings. The molecular formula is C21H24N4O3S2. The number of methoxy groups -OCH3 is 1. The summed E-state index contributed by atoms with van der Waals surface area (Å²) >= 11 is 6.56. The number of carbonyl (C=O) groups is 1. The first-order chi connectivity index (χ1) is 14.6. The Morgan fingerprint density at radius 2 is 2.10 bits per heavy atom. The largest absolute Gasteiger partial charge is 0.383 e. The fourth-order valence-corrected chi connectivity index (χ4v) is 5.08. The highest BCUT2D eigenvalue weighted by atomic mass is 32.2. The predicted molar refractivity (Wildman–Crippen MR) is 124 cm³/mol. The van der Waals surface area contributed by atoms with E-state index in [0.29, 0.717) is 39.4 Å². The van der Waals surface area contributed by atoms with Crippen LogP contribution in [0.25, 0.3) is 11.7 Å². The first-order valence-electron chi connectivity index (χ1n) is 10.1. The fourth-order valence-electron chi connectivity index (χ4n) is 3.79. The van der Waals surface area contributed by atoms with Crippen LogP contribution in [0.15, 0.2) is 34.1 Å². The molecular weight excluding hydrogens is 420 g/mol. The van der Waals surface area contributed by atoms with Crippen molar-refractivity contribution in [2.75, 3.05) is 25.6 Å². The molecule has 1 aliphatic heterocycles. The molecule has 0 unspecified atom stereocenters. The number of rotatable bonds is 6. The van der Waals surface area contributed by atoms with Gasteiger partial charge in [-0.15, -0.1) is 0 Å². The van der Waals surface area contributed by atoms with Crippen LogP contribution in [0.5, 0.6) is 0 Å². The van der Waals surface area contributed by atoms with Gasteiger partial charge in [0.05, 0.1) is 23.6 Å². The smallest absolute Gasteiger partial charge is 0.267 e. The Balaban J connectivity index is 1.75. The molecule has 9 heteroatoms. The summed E-state index contributed by atoms with van der Waals surface area (Å²) < 4.78 is 7.04. The molecule has 1 amide bonds. The molecule has 0 aromatic carbocycles. The van der Waals surface area contributed by atoms with Crippen LogP contribution in [0.2, 0.25) is 0 Å². The number of hydrogen-bond acceptors (Lipinski definition) is 7. The summed E-state index contributed by atoms with van der Waals surface area (Å²) in [5, 5.41) is 3.47. The number of anilines is 1. The van der Waals surface area contributed by atoms with E-state index in [9.17, 15) is 9.59 Å². The Bertz CT molecular complexity index is 1060. The lowest BCUT2D eigenvalue weighted by atomic mass is 9.95. The van der Waals surface area contributed by atoms with Crippen molar-refractivity contribution >= 4 is 51.7 Å². The van der Waals surface area contributed by atoms with Gasteiger partial charge >= 0.3 is 0 Å². The van der Waals surface area contributed by atoms with Gasteiger partial charge in [0.15, 0.2) is 0 Å². The first-order valence-corrected chi connectivity index (χ1v) is 11.3. The van der Waals surface area contributed by atoms with E-state index < -0.39 is 0 Å². The average molecular weight is 445 g/mol. The van der Waals surface area contributed by atoms with E-state index in [-0.39, 0.29) is 17.5 Å². The normalized spacial score (nSPS) is 19.2. The molecule has 0 bridgehead atoms. The van der Waals surface area contributed by atoms with E-state index in [1.54, 1.807) is 31.5 Å². The number of carbonyl (C=O) groups excluding carboxylic acids is 1. The van der Waals surface area contributed by atoms with Crippen LogP contribution in [0.4, 0.5) is 5.82 Å². The van der Waals surface area contributed by atoms with Gasteiger partial charge in [0.1, 0.15) is 15.8 Å². The van der Waals surface area contributed by atoms with Crippen molar-refractivity contribution in [1.82, 2.24) is 14.3 Å². The second kappa shape index (κ2) is 9.28. The molecule has 0 atom stereocenters. The SMILES string of the molecule is COCCN1C(=O)C(=Cc2c(NC3CCCCC3)nc3ccccn3c2=O)SC1=S. The number of hydrogen-bond donors (Lipinski definition) is 1. The fraction of sp³-hybridized carbons (Fsp3) is 0.429. The summed E-state index contributed by atoms with van der Waals surface area (Å²) in [6.45, 7) is 0.787. The molecule has 2 fully saturated rings. The minimum absolute atomic E-state index is 0.205. The van der Waals surface area contributed by atoms with Gasteiger partial charge in [-0.2, -0.15) is 0 Å². The highest BCUT2D eigenvalue weighted by molar-refractivity contribution is 8.26. The van der Waals surface area contributed by atoms with Crippen LogP contribution in [0, 0.1) is 0 Å². The van der Waals surface area contributed by atoms with Crippen molar-refractivity contribution in [3.63, 3.8) is 0 Å². The van der Waals surface area contributed by atoms with E-state index in [0.717, 1.165) is 25.7 Å². The molecule has 3 heterocycles. The molecule has 158 valence electrons. The number of ether oxygens (including phenoxy) is 1. The average Bonchev–Trinajstić information content (AvgIpc) is 3.02. The molecule has 30 heavy (non-hydrogen) atoms. The molecule has 1 aliphatic carbocycles. The number of nitrogens with one attached hydrogen (secondary N) is 1. The van der Waals surface area contributed by atoms with Gasteiger partial charge in [-0.1, -0.05) is 49.3 Å². The van der Waals surface area contributed by atoms with Crippen molar-refractivity contribution in [2.24, 2.45) is 0 Å². The molecule has 7 nitrogen and oxygen atoms in total. The van der Waals surface area contributed by atoms with Crippen LogP contribution in [0.1, 0.15) is 37.7 Å². The molecule has 2 aromatic heterocycles. The highest BCUT2D eigenvalue weighted by Gasteiger charge is 2.32. The number of pyridine rings is 1. The molecule has 0 radical (unpaired) electrons. The number of nitrogens with zero attached hydrogens (tertiary/aromatic N) is 3. The van der Waals surface area contributed by atoms with Crippen molar-refractivity contribution < 1.29 is 9.53 Å². The van der Waals surface area contributed by atoms with E-state index in [1.165, 1.54) is 27.5 Å². The lowest BCUT2D eigenvalue weighted by Gasteiger charge is -2.24. The predicted octanol–water partition coefficient (Wildman–Crippen LogP) is 3.29. The summed E-state index contributed by atoms with van der Waals surface area (Å²) in [5.74, 6) is 0.323. The molecule has 1 saturated heterocycles. The number of thioether (sulfide) groups is 1.